The summed E-state index contributed by atoms with van der Waals surface area (Å²) < 4.78 is 2.24. The number of amides is 1. The SMILES string of the molecule is CCCC(=O)NCCCn1ccc2ccccc21. The molecule has 0 spiro atoms. The molecule has 2 rings (SSSR count). The average molecular weight is 244 g/mol. The summed E-state index contributed by atoms with van der Waals surface area (Å²) in [5, 5.41) is 4.21. The molecule has 0 saturated carbocycles. The van der Waals surface area contributed by atoms with E-state index >= 15 is 0 Å². The molecule has 18 heavy (non-hydrogen) atoms. The smallest absolute Gasteiger partial charge is 0.219 e. The van der Waals surface area contributed by atoms with Gasteiger partial charge in [-0.2, -0.15) is 0 Å². The maximum atomic E-state index is 11.3. The molecule has 0 fully saturated rings. The molecule has 1 amide bonds. The number of rotatable bonds is 6. The molecule has 0 atom stereocenters. The van der Waals surface area contributed by atoms with E-state index < -0.39 is 0 Å². The Morgan fingerprint density at radius 1 is 1.28 bits per heavy atom. The number of fused-ring (bicyclic) bond motifs is 1. The van der Waals surface area contributed by atoms with Gasteiger partial charge in [0.05, 0.1) is 0 Å². The fourth-order valence-corrected chi connectivity index (χ4v) is 2.13. The van der Waals surface area contributed by atoms with E-state index in [1.54, 1.807) is 0 Å². The lowest BCUT2D eigenvalue weighted by molar-refractivity contribution is -0.121. The Morgan fingerprint density at radius 2 is 2.11 bits per heavy atom. The van der Waals surface area contributed by atoms with Gasteiger partial charge >= 0.3 is 0 Å². The molecule has 0 aliphatic carbocycles. The van der Waals surface area contributed by atoms with Crippen molar-refractivity contribution in [2.45, 2.75) is 32.7 Å². The lowest BCUT2D eigenvalue weighted by Crippen LogP contribution is -2.24. The first-order valence-electron chi connectivity index (χ1n) is 6.62. The average Bonchev–Trinajstić information content (AvgIpc) is 2.78. The van der Waals surface area contributed by atoms with Gasteiger partial charge in [0.15, 0.2) is 0 Å². The van der Waals surface area contributed by atoms with E-state index in [-0.39, 0.29) is 5.91 Å². The van der Waals surface area contributed by atoms with Gasteiger partial charge in [0.2, 0.25) is 5.91 Å². The number of nitrogens with zero attached hydrogens (tertiary/aromatic N) is 1. The predicted molar refractivity (Wildman–Crippen MR) is 74.5 cm³/mol. The normalized spacial score (nSPS) is 10.7. The second kappa shape index (κ2) is 6.24. The number of carbonyl (C=O) groups excluding carboxylic acids is 1. The second-order valence-corrected chi connectivity index (χ2v) is 4.52. The van der Waals surface area contributed by atoms with E-state index in [9.17, 15) is 4.79 Å². The van der Waals surface area contributed by atoms with Crippen LogP contribution in [0.2, 0.25) is 0 Å². The van der Waals surface area contributed by atoms with Gasteiger partial charge in [-0.1, -0.05) is 25.1 Å². The summed E-state index contributed by atoms with van der Waals surface area (Å²) in [6, 6.07) is 10.5. The molecular weight excluding hydrogens is 224 g/mol. The van der Waals surface area contributed by atoms with E-state index in [1.165, 1.54) is 10.9 Å². The Bertz CT molecular complexity index is 516. The molecular formula is C15H20N2O. The van der Waals surface area contributed by atoms with Crippen molar-refractivity contribution in [3.8, 4) is 0 Å². The Hall–Kier alpha value is -1.77. The third-order valence-corrected chi connectivity index (χ3v) is 3.06. The standard InChI is InChI=1S/C15H20N2O/c1-2-6-15(18)16-10-5-11-17-12-9-13-7-3-4-8-14(13)17/h3-4,7-9,12H,2,5-6,10-11H2,1H3,(H,16,18). The molecule has 1 aromatic heterocycles. The maximum absolute atomic E-state index is 11.3. The molecule has 2 aromatic rings. The third-order valence-electron chi connectivity index (χ3n) is 3.06. The fourth-order valence-electron chi connectivity index (χ4n) is 2.13. The van der Waals surface area contributed by atoms with Gasteiger partial charge in [-0.25, -0.2) is 0 Å². The number of nitrogens with one attached hydrogen (secondary N) is 1. The summed E-state index contributed by atoms with van der Waals surface area (Å²) in [6.07, 6.45) is 4.62. The number of hydrogen-bond acceptors (Lipinski definition) is 1. The molecule has 0 saturated heterocycles. The lowest BCUT2D eigenvalue weighted by atomic mass is 10.2. The Balaban J connectivity index is 1.82. The summed E-state index contributed by atoms with van der Waals surface area (Å²) in [7, 11) is 0. The fraction of sp³-hybridized carbons (Fsp3) is 0.400. The van der Waals surface area contributed by atoms with Crippen molar-refractivity contribution in [3.05, 3.63) is 36.5 Å². The first kappa shape index (κ1) is 12.7. The van der Waals surface area contributed by atoms with Gasteiger partial charge in [0.25, 0.3) is 0 Å². The summed E-state index contributed by atoms with van der Waals surface area (Å²) in [6.45, 7) is 3.72. The molecule has 3 nitrogen and oxygen atoms in total. The van der Waals surface area contributed by atoms with Crippen LogP contribution in [0.25, 0.3) is 10.9 Å². The molecule has 0 radical (unpaired) electrons. The first-order valence-corrected chi connectivity index (χ1v) is 6.62. The van der Waals surface area contributed by atoms with E-state index in [0.29, 0.717) is 6.42 Å². The summed E-state index contributed by atoms with van der Waals surface area (Å²) in [5.74, 6) is 0.162. The monoisotopic (exact) mass is 244 g/mol. The zero-order valence-corrected chi connectivity index (χ0v) is 10.9. The van der Waals surface area contributed by atoms with Crippen molar-refractivity contribution in [2.24, 2.45) is 0 Å². The molecule has 1 heterocycles. The Kier molecular flexibility index (Phi) is 4.40. The number of aromatic nitrogens is 1. The van der Waals surface area contributed by atoms with Crippen LogP contribution in [0, 0.1) is 0 Å². The van der Waals surface area contributed by atoms with Gasteiger partial charge < -0.3 is 9.88 Å². The highest BCUT2D eigenvalue weighted by molar-refractivity contribution is 5.79. The van der Waals surface area contributed by atoms with Crippen molar-refractivity contribution >= 4 is 16.8 Å². The Morgan fingerprint density at radius 3 is 2.94 bits per heavy atom. The van der Waals surface area contributed by atoms with E-state index in [4.69, 9.17) is 0 Å². The largest absolute Gasteiger partial charge is 0.356 e. The molecule has 1 N–H and O–H groups in total. The zero-order valence-electron chi connectivity index (χ0n) is 10.9. The van der Waals surface area contributed by atoms with Crippen molar-refractivity contribution in [1.82, 2.24) is 9.88 Å². The van der Waals surface area contributed by atoms with Gasteiger partial charge in [-0.05, 0) is 30.4 Å². The van der Waals surface area contributed by atoms with Gasteiger partial charge in [-0.3, -0.25) is 4.79 Å². The van der Waals surface area contributed by atoms with Crippen molar-refractivity contribution in [1.29, 1.82) is 0 Å². The van der Waals surface area contributed by atoms with E-state index in [1.807, 2.05) is 6.92 Å². The van der Waals surface area contributed by atoms with Crippen molar-refractivity contribution in [2.75, 3.05) is 6.54 Å². The lowest BCUT2D eigenvalue weighted by Gasteiger charge is -2.06. The van der Waals surface area contributed by atoms with Crippen LogP contribution in [-0.2, 0) is 11.3 Å². The number of aryl methyl sites for hydroxylation is 1. The summed E-state index contributed by atoms with van der Waals surface area (Å²) in [5.41, 5.74) is 1.26. The highest BCUT2D eigenvalue weighted by Crippen LogP contribution is 2.15. The number of para-hydroxylation sites is 1. The summed E-state index contributed by atoms with van der Waals surface area (Å²) >= 11 is 0. The Labute approximate surface area is 108 Å². The van der Waals surface area contributed by atoms with E-state index in [2.05, 4.69) is 46.4 Å². The van der Waals surface area contributed by atoms with Gasteiger partial charge in [0, 0.05) is 31.2 Å². The quantitative estimate of drug-likeness (QED) is 0.779. The van der Waals surface area contributed by atoms with Crippen LogP contribution in [0.1, 0.15) is 26.2 Å². The van der Waals surface area contributed by atoms with Crippen LogP contribution in [0.15, 0.2) is 36.5 Å². The van der Waals surface area contributed by atoms with Gasteiger partial charge in [0.1, 0.15) is 0 Å². The number of benzene rings is 1. The number of carbonyl (C=O) groups is 1. The highest BCUT2D eigenvalue weighted by Gasteiger charge is 2.00. The van der Waals surface area contributed by atoms with Crippen LogP contribution in [-0.4, -0.2) is 17.0 Å². The highest BCUT2D eigenvalue weighted by atomic mass is 16.1. The number of hydrogen-bond donors (Lipinski definition) is 1. The van der Waals surface area contributed by atoms with Crippen LogP contribution in [0.3, 0.4) is 0 Å². The minimum absolute atomic E-state index is 0.162. The zero-order chi connectivity index (χ0) is 12.8. The first-order chi connectivity index (χ1) is 8.81. The molecule has 96 valence electrons. The minimum atomic E-state index is 0.162. The molecule has 1 aromatic carbocycles. The summed E-state index contributed by atoms with van der Waals surface area (Å²) in [4.78, 5) is 11.3. The molecule has 0 unspecified atom stereocenters. The van der Waals surface area contributed by atoms with Crippen molar-refractivity contribution in [3.63, 3.8) is 0 Å². The van der Waals surface area contributed by atoms with E-state index in [0.717, 1.165) is 25.9 Å². The van der Waals surface area contributed by atoms with Crippen LogP contribution in [0.5, 0.6) is 0 Å². The van der Waals surface area contributed by atoms with Crippen LogP contribution < -0.4 is 5.32 Å². The van der Waals surface area contributed by atoms with Crippen LogP contribution in [0.4, 0.5) is 0 Å². The second-order valence-electron chi connectivity index (χ2n) is 4.52. The predicted octanol–water partition coefficient (Wildman–Crippen LogP) is 2.95. The topological polar surface area (TPSA) is 34.0 Å². The molecule has 0 bridgehead atoms. The third kappa shape index (κ3) is 3.13. The molecule has 0 aliphatic rings. The van der Waals surface area contributed by atoms with Crippen molar-refractivity contribution < 1.29 is 4.79 Å². The molecule has 3 heteroatoms. The molecule has 0 aliphatic heterocycles. The minimum Gasteiger partial charge on any atom is -0.356 e. The maximum Gasteiger partial charge on any atom is 0.219 e. The van der Waals surface area contributed by atoms with Crippen LogP contribution >= 0.6 is 0 Å². The van der Waals surface area contributed by atoms with Gasteiger partial charge in [-0.15, -0.1) is 0 Å².